The number of amides is 1. The molecule has 0 saturated carbocycles. The predicted molar refractivity (Wildman–Crippen MR) is 133 cm³/mol. The van der Waals surface area contributed by atoms with Crippen LogP contribution >= 0.6 is 0 Å². The maximum atomic E-state index is 13.0. The number of hydrogen-bond acceptors (Lipinski definition) is 6. The van der Waals surface area contributed by atoms with Gasteiger partial charge in [0.2, 0.25) is 11.8 Å². The molecule has 2 aromatic carbocycles. The predicted octanol–water partition coefficient (Wildman–Crippen LogP) is 3.57. The Morgan fingerprint density at radius 1 is 1.09 bits per heavy atom. The number of carbonyl (C=O) groups excluding carboxylic acids is 1. The molecule has 0 aliphatic carbocycles. The first-order valence-corrected chi connectivity index (χ1v) is 13.0. The molecule has 35 heavy (non-hydrogen) atoms. The molecule has 4 rings (SSSR count). The Morgan fingerprint density at radius 2 is 1.86 bits per heavy atom. The number of ether oxygens (including phenoxy) is 1. The van der Waals surface area contributed by atoms with Crippen LogP contribution in [0.2, 0.25) is 0 Å². The van der Waals surface area contributed by atoms with E-state index in [-0.39, 0.29) is 23.2 Å². The summed E-state index contributed by atoms with van der Waals surface area (Å²) in [4.78, 5) is 22.0. The Morgan fingerprint density at radius 3 is 2.66 bits per heavy atom. The number of pyridine rings is 1. The van der Waals surface area contributed by atoms with E-state index in [9.17, 15) is 13.2 Å². The van der Waals surface area contributed by atoms with Gasteiger partial charge in [0.15, 0.2) is 0 Å². The number of carbonyl (C=O) groups is 1. The van der Waals surface area contributed by atoms with Gasteiger partial charge in [0.05, 0.1) is 4.90 Å². The van der Waals surface area contributed by atoms with Crippen LogP contribution in [0.1, 0.15) is 42.9 Å². The van der Waals surface area contributed by atoms with E-state index < -0.39 is 16.1 Å². The fraction of sp³-hybridized carbons (Fsp3) is 0.269. The minimum absolute atomic E-state index is 0.174. The molecule has 1 amide bonds. The second-order valence-corrected chi connectivity index (χ2v) is 9.88. The van der Waals surface area contributed by atoms with Gasteiger partial charge in [-0.05, 0) is 35.7 Å². The van der Waals surface area contributed by atoms with Crippen LogP contribution in [0.3, 0.4) is 0 Å². The fourth-order valence-electron chi connectivity index (χ4n) is 3.72. The smallest absolute Gasteiger partial charge is 0.263 e. The van der Waals surface area contributed by atoms with E-state index in [1.165, 1.54) is 6.07 Å². The van der Waals surface area contributed by atoms with Gasteiger partial charge in [-0.25, -0.2) is 13.4 Å². The lowest BCUT2D eigenvalue weighted by Crippen LogP contribution is -2.35. The van der Waals surface area contributed by atoms with Gasteiger partial charge in [-0.2, -0.15) is 0 Å². The Balaban J connectivity index is 1.43. The molecule has 8 nitrogen and oxygen atoms in total. The molecule has 2 N–H and O–H groups in total. The van der Waals surface area contributed by atoms with Crippen LogP contribution < -0.4 is 14.8 Å². The van der Waals surface area contributed by atoms with Gasteiger partial charge in [-0.15, -0.1) is 0 Å². The average molecular weight is 493 g/mol. The zero-order valence-corrected chi connectivity index (χ0v) is 20.3. The Labute approximate surface area is 205 Å². The first-order chi connectivity index (χ1) is 17.0. The third kappa shape index (κ3) is 6.24. The molecule has 0 fully saturated rings. The van der Waals surface area contributed by atoms with Crippen molar-refractivity contribution in [1.82, 2.24) is 15.0 Å². The monoisotopic (exact) mass is 492 g/mol. The van der Waals surface area contributed by atoms with Gasteiger partial charge in [-0.1, -0.05) is 62.2 Å². The lowest BCUT2D eigenvalue weighted by atomic mass is 10.1. The standard InChI is InChI=1S/C26H28N4O4S/c1-2-3-12-22(29-25-21-11-7-8-13-23(21)35(32,33)30-25)26(31)28-17-20-14-15-27-24(16-20)34-18-19-9-5-4-6-10-19/h4-11,13-16,22H,2-3,12,17-18H2,1H3,(H,28,31)(H,29,30). The highest BCUT2D eigenvalue weighted by Gasteiger charge is 2.31. The molecule has 0 saturated heterocycles. The van der Waals surface area contributed by atoms with Crippen molar-refractivity contribution in [2.24, 2.45) is 4.99 Å². The number of nitrogens with one attached hydrogen (secondary N) is 2. The average Bonchev–Trinajstić information content (AvgIpc) is 3.14. The van der Waals surface area contributed by atoms with E-state index >= 15 is 0 Å². The molecule has 0 spiro atoms. The fourth-order valence-corrected chi connectivity index (χ4v) is 4.95. The number of rotatable bonds is 10. The Hall–Kier alpha value is -3.72. The summed E-state index contributed by atoms with van der Waals surface area (Å²) in [5.74, 6) is 0.413. The summed E-state index contributed by atoms with van der Waals surface area (Å²) in [5.41, 5.74) is 2.36. The lowest BCUT2D eigenvalue weighted by molar-refractivity contribution is -0.122. The quantitative estimate of drug-likeness (QED) is 0.450. The molecule has 182 valence electrons. The minimum Gasteiger partial charge on any atom is -0.473 e. The van der Waals surface area contributed by atoms with E-state index in [0.717, 1.165) is 24.0 Å². The summed E-state index contributed by atoms with van der Waals surface area (Å²) in [5, 5.41) is 2.92. The molecule has 9 heteroatoms. The van der Waals surface area contributed by atoms with Crippen LogP contribution in [-0.2, 0) is 28.0 Å². The maximum absolute atomic E-state index is 13.0. The van der Waals surface area contributed by atoms with Crippen molar-refractivity contribution in [2.75, 3.05) is 0 Å². The summed E-state index contributed by atoms with van der Waals surface area (Å²) >= 11 is 0. The number of hydrogen-bond donors (Lipinski definition) is 2. The second-order valence-electron chi connectivity index (χ2n) is 8.23. The van der Waals surface area contributed by atoms with Gasteiger partial charge in [0, 0.05) is 24.4 Å². The molecular formula is C26H28N4O4S. The van der Waals surface area contributed by atoms with Crippen LogP contribution in [0.15, 0.2) is 82.8 Å². The van der Waals surface area contributed by atoms with E-state index in [4.69, 9.17) is 4.74 Å². The number of aromatic nitrogens is 1. The molecule has 1 aromatic heterocycles. The zero-order valence-electron chi connectivity index (χ0n) is 19.5. The van der Waals surface area contributed by atoms with Gasteiger partial charge in [0.1, 0.15) is 18.5 Å². The van der Waals surface area contributed by atoms with Crippen LogP contribution in [0.25, 0.3) is 0 Å². The highest BCUT2D eigenvalue weighted by atomic mass is 32.2. The first-order valence-electron chi connectivity index (χ1n) is 11.6. The molecule has 1 unspecified atom stereocenters. The zero-order chi connectivity index (χ0) is 24.7. The Bertz CT molecular complexity index is 1310. The Kier molecular flexibility index (Phi) is 7.77. The van der Waals surface area contributed by atoms with Gasteiger partial charge < -0.3 is 10.1 Å². The molecule has 0 radical (unpaired) electrons. The minimum atomic E-state index is -3.67. The first kappa shape index (κ1) is 24.4. The number of fused-ring (bicyclic) bond motifs is 1. The van der Waals surface area contributed by atoms with Crippen molar-refractivity contribution in [3.63, 3.8) is 0 Å². The third-order valence-electron chi connectivity index (χ3n) is 5.58. The maximum Gasteiger partial charge on any atom is 0.263 e. The number of aliphatic imine (C=N–C) groups is 1. The topological polar surface area (TPSA) is 110 Å². The highest BCUT2D eigenvalue weighted by Crippen LogP contribution is 2.23. The molecule has 1 aliphatic rings. The molecular weight excluding hydrogens is 464 g/mol. The van der Waals surface area contributed by atoms with Gasteiger partial charge in [-0.3, -0.25) is 14.5 Å². The lowest BCUT2D eigenvalue weighted by Gasteiger charge is -2.14. The number of nitrogens with zero attached hydrogens (tertiary/aromatic N) is 2. The number of benzene rings is 2. The van der Waals surface area contributed by atoms with Crippen molar-refractivity contribution < 1.29 is 17.9 Å². The number of unbranched alkanes of at least 4 members (excludes halogenated alkanes) is 1. The number of amidine groups is 1. The molecule has 2 heterocycles. The van der Waals surface area contributed by atoms with E-state index in [0.29, 0.717) is 24.5 Å². The van der Waals surface area contributed by atoms with Crippen LogP contribution in [0.5, 0.6) is 5.88 Å². The van der Waals surface area contributed by atoms with Gasteiger partial charge in [0.25, 0.3) is 10.0 Å². The van der Waals surface area contributed by atoms with Crippen LogP contribution in [0.4, 0.5) is 0 Å². The van der Waals surface area contributed by atoms with Crippen molar-refractivity contribution >= 4 is 21.8 Å². The summed E-state index contributed by atoms with van der Waals surface area (Å²) in [6.07, 6.45) is 3.83. The molecule has 1 aliphatic heterocycles. The van der Waals surface area contributed by atoms with Crippen molar-refractivity contribution in [1.29, 1.82) is 0 Å². The largest absolute Gasteiger partial charge is 0.473 e. The summed E-state index contributed by atoms with van der Waals surface area (Å²) in [6, 6.07) is 19.3. The van der Waals surface area contributed by atoms with Crippen LogP contribution in [0, 0.1) is 0 Å². The SMILES string of the molecule is CCCCC(N=C1NS(=O)(=O)c2ccccc21)C(=O)NCc1ccnc(OCc2ccccc2)c1. The summed E-state index contributed by atoms with van der Waals surface area (Å²) in [6.45, 7) is 2.71. The van der Waals surface area contributed by atoms with Crippen LogP contribution in [-0.4, -0.2) is 31.2 Å². The van der Waals surface area contributed by atoms with E-state index in [1.54, 1.807) is 30.5 Å². The van der Waals surface area contributed by atoms with E-state index in [2.05, 4.69) is 20.0 Å². The molecule has 3 aromatic rings. The highest BCUT2D eigenvalue weighted by molar-refractivity contribution is 7.90. The second kappa shape index (κ2) is 11.1. The van der Waals surface area contributed by atoms with Crippen molar-refractivity contribution in [3.8, 4) is 5.88 Å². The molecule has 1 atom stereocenters. The summed E-state index contributed by atoms with van der Waals surface area (Å²) < 4.78 is 33.1. The van der Waals surface area contributed by atoms with Gasteiger partial charge >= 0.3 is 0 Å². The van der Waals surface area contributed by atoms with Crippen molar-refractivity contribution in [2.45, 2.75) is 50.3 Å². The normalized spacial score (nSPS) is 15.7. The van der Waals surface area contributed by atoms with Crippen molar-refractivity contribution in [3.05, 3.63) is 89.6 Å². The summed E-state index contributed by atoms with van der Waals surface area (Å²) in [7, 11) is -3.67. The number of sulfonamides is 1. The molecule has 0 bridgehead atoms. The third-order valence-corrected chi connectivity index (χ3v) is 6.97. The van der Waals surface area contributed by atoms with E-state index in [1.807, 2.05) is 43.3 Å².